The van der Waals surface area contributed by atoms with E-state index in [1.54, 1.807) is 0 Å². The Bertz CT molecular complexity index is 529. The van der Waals surface area contributed by atoms with E-state index in [0.717, 1.165) is 22.5 Å². The van der Waals surface area contributed by atoms with Crippen LogP contribution in [-0.4, -0.2) is 4.98 Å². The lowest BCUT2D eigenvalue weighted by molar-refractivity contribution is 1.10. The van der Waals surface area contributed by atoms with Gasteiger partial charge in [0.1, 0.15) is 4.60 Å². The molecule has 0 aliphatic carbocycles. The molecule has 0 aliphatic heterocycles. The van der Waals surface area contributed by atoms with Crippen LogP contribution in [0.1, 0.15) is 11.3 Å². The number of aromatic nitrogens is 1. The van der Waals surface area contributed by atoms with Crippen molar-refractivity contribution < 1.29 is 0 Å². The second-order valence-electron chi connectivity index (χ2n) is 3.75. The minimum absolute atomic E-state index is 0.820. The smallest absolute Gasteiger partial charge is 0.106 e. The molecule has 1 aromatic carbocycles. The molecule has 0 saturated heterocycles. The van der Waals surface area contributed by atoms with Gasteiger partial charge in [-0.3, -0.25) is 0 Å². The minimum Gasteiger partial charge on any atom is -0.380 e. The van der Waals surface area contributed by atoms with Gasteiger partial charge in [-0.25, -0.2) is 4.98 Å². The van der Waals surface area contributed by atoms with Crippen LogP contribution in [0.3, 0.4) is 0 Å². The predicted molar refractivity (Wildman–Crippen MR) is 83.2 cm³/mol. The summed E-state index contributed by atoms with van der Waals surface area (Å²) < 4.78 is 2.13. The van der Waals surface area contributed by atoms with Crippen molar-refractivity contribution in [2.24, 2.45) is 0 Å². The van der Waals surface area contributed by atoms with Crippen LogP contribution in [-0.2, 0) is 6.54 Å². The van der Waals surface area contributed by atoms with Gasteiger partial charge in [0.25, 0.3) is 0 Å². The molecule has 0 saturated carbocycles. The molecule has 0 atom stereocenters. The van der Waals surface area contributed by atoms with E-state index in [-0.39, 0.29) is 0 Å². The summed E-state index contributed by atoms with van der Waals surface area (Å²) in [6, 6.07) is 12.5. The molecule has 2 aromatic rings. The van der Waals surface area contributed by atoms with Gasteiger partial charge in [-0.1, -0.05) is 12.1 Å². The third-order valence-corrected chi connectivity index (χ3v) is 3.54. The molecule has 0 unspecified atom stereocenters. The number of hydrogen-bond acceptors (Lipinski definition) is 2. The molecular formula is C13H12BrIN2. The van der Waals surface area contributed by atoms with E-state index < -0.39 is 0 Å². The van der Waals surface area contributed by atoms with E-state index in [1.165, 1.54) is 9.13 Å². The Morgan fingerprint density at radius 2 is 2.12 bits per heavy atom. The summed E-state index contributed by atoms with van der Waals surface area (Å²) >= 11 is 5.69. The molecule has 0 radical (unpaired) electrons. The maximum absolute atomic E-state index is 4.36. The Hall–Kier alpha value is -0.620. The summed E-state index contributed by atoms with van der Waals surface area (Å²) in [5.74, 6) is 0. The van der Waals surface area contributed by atoms with E-state index in [4.69, 9.17) is 0 Å². The molecule has 2 nitrogen and oxygen atoms in total. The minimum atomic E-state index is 0.820. The summed E-state index contributed by atoms with van der Waals surface area (Å²) in [5, 5.41) is 3.40. The molecule has 0 fully saturated rings. The van der Waals surface area contributed by atoms with Crippen molar-refractivity contribution in [2.45, 2.75) is 13.5 Å². The number of nitrogens with zero attached hydrogens (tertiary/aromatic N) is 1. The zero-order chi connectivity index (χ0) is 12.3. The zero-order valence-electron chi connectivity index (χ0n) is 9.37. The first-order valence-electron chi connectivity index (χ1n) is 5.26. The number of anilines is 1. The van der Waals surface area contributed by atoms with Gasteiger partial charge in [0.15, 0.2) is 0 Å². The van der Waals surface area contributed by atoms with Gasteiger partial charge in [0.2, 0.25) is 0 Å². The molecule has 0 bridgehead atoms. The highest BCUT2D eigenvalue weighted by molar-refractivity contribution is 14.1. The Balaban J connectivity index is 2.07. The number of halogens is 2. The van der Waals surface area contributed by atoms with E-state index in [0.29, 0.717) is 0 Å². The lowest BCUT2D eigenvalue weighted by Crippen LogP contribution is -2.02. The topological polar surface area (TPSA) is 24.9 Å². The van der Waals surface area contributed by atoms with E-state index in [1.807, 2.05) is 19.1 Å². The summed E-state index contributed by atoms with van der Waals surface area (Å²) in [4.78, 5) is 4.36. The van der Waals surface area contributed by atoms with Crippen LogP contribution in [0, 0.1) is 10.5 Å². The van der Waals surface area contributed by atoms with Crippen molar-refractivity contribution in [3.05, 3.63) is 55.8 Å². The SMILES string of the molecule is Cc1nc(Br)ccc1NCc1cccc(I)c1. The lowest BCUT2D eigenvalue weighted by Gasteiger charge is -2.09. The first kappa shape index (κ1) is 12.8. The fourth-order valence-corrected chi connectivity index (χ4v) is 2.57. The second-order valence-corrected chi connectivity index (χ2v) is 5.81. The number of pyridine rings is 1. The highest BCUT2D eigenvalue weighted by Gasteiger charge is 2.00. The van der Waals surface area contributed by atoms with Crippen LogP contribution in [0.2, 0.25) is 0 Å². The average Bonchev–Trinajstić information content (AvgIpc) is 2.28. The van der Waals surface area contributed by atoms with Gasteiger partial charge in [0, 0.05) is 10.1 Å². The lowest BCUT2D eigenvalue weighted by atomic mass is 10.2. The molecule has 1 heterocycles. The fourth-order valence-electron chi connectivity index (χ4n) is 1.56. The Labute approximate surface area is 123 Å². The molecule has 2 rings (SSSR count). The summed E-state index contributed by atoms with van der Waals surface area (Å²) in [6.45, 7) is 2.82. The molecule has 1 N–H and O–H groups in total. The number of aryl methyl sites for hydroxylation is 1. The van der Waals surface area contributed by atoms with Crippen molar-refractivity contribution in [3.63, 3.8) is 0 Å². The number of nitrogens with one attached hydrogen (secondary N) is 1. The molecule has 4 heteroatoms. The van der Waals surface area contributed by atoms with Crippen LogP contribution >= 0.6 is 38.5 Å². The number of rotatable bonds is 3. The monoisotopic (exact) mass is 402 g/mol. The van der Waals surface area contributed by atoms with Crippen LogP contribution in [0.5, 0.6) is 0 Å². The standard InChI is InChI=1S/C13H12BrIN2/c1-9-12(5-6-13(14)17-9)16-8-10-3-2-4-11(15)7-10/h2-7,16H,8H2,1H3. The van der Waals surface area contributed by atoms with E-state index >= 15 is 0 Å². The fraction of sp³-hybridized carbons (Fsp3) is 0.154. The maximum Gasteiger partial charge on any atom is 0.106 e. The van der Waals surface area contributed by atoms with Gasteiger partial charge in [-0.05, 0) is 75.3 Å². The number of benzene rings is 1. The van der Waals surface area contributed by atoms with Crippen LogP contribution in [0.4, 0.5) is 5.69 Å². The summed E-state index contributed by atoms with van der Waals surface area (Å²) in [5.41, 5.74) is 3.36. The van der Waals surface area contributed by atoms with Gasteiger partial charge >= 0.3 is 0 Å². The normalized spacial score (nSPS) is 10.3. The van der Waals surface area contributed by atoms with Crippen LogP contribution in [0.25, 0.3) is 0 Å². The summed E-state index contributed by atoms with van der Waals surface area (Å²) in [6.07, 6.45) is 0. The second kappa shape index (κ2) is 5.82. The molecular weight excluding hydrogens is 391 g/mol. The van der Waals surface area contributed by atoms with Crippen molar-refractivity contribution in [3.8, 4) is 0 Å². The van der Waals surface area contributed by atoms with E-state index in [2.05, 4.69) is 73.1 Å². The Morgan fingerprint density at radius 3 is 2.82 bits per heavy atom. The van der Waals surface area contributed by atoms with Crippen molar-refractivity contribution in [1.29, 1.82) is 0 Å². The van der Waals surface area contributed by atoms with E-state index in [9.17, 15) is 0 Å². The van der Waals surface area contributed by atoms with Crippen LogP contribution < -0.4 is 5.32 Å². The highest BCUT2D eigenvalue weighted by Crippen LogP contribution is 2.17. The molecule has 17 heavy (non-hydrogen) atoms. The molecule has 0 amide bonds. The third-order valence-electron chi connectivity index (χ3n) is 2.42. The first-order chi connectivity index (χ1) is 8.15. The molecule has 1 aromatic heterocycles. The van der Waals surface area contributed by atoms with Crippen LogP contribution in [0.15, 0.2) is 41.0 Å². The van der Waals surface area contributed by atoms with Crippen molar-refractivity contribution in [1.82, 2.24) is 4.98 Å². The molecule has 0 spiro atoms. The number of hydrogen-bond donors (Lipinski definition) is 1. The van der Waals surface area contributed by atoms with Crippen molar-refractivity contribution in [2.75, 3.05) is 5.32 Å². The molecule has 0 aliphatic rings. The Kier molecular flexibility index (Phi) is 4.39. The van der Waals surface area contributed by atoms with Gasteiger partial charge in [0.05, 0.1) is 11.4 Å². The van der Waals surface area contributed by atoms with Gasteiger partial charge < -0.3 is 5.32 Å². The first-order valence-corrected chi connectivity index (χ1v) is 7.14. The third kappa shape index (κ3) is 3.67. The maximum atomic E-state index is 4.36. The molecule has 88 valence electrons. The largest absolute Gasteiger partial charge is 0.380 e. The average molecular weight is 403 g/mol. The Morgan fingerprint density at radius 1 is 1.29 bits per heavy atom. The quantitative estimate of drug-likeness (QED) is 0.609. The van der Waals surface area contributed by atoms with Crippen molar-refractivity contribution >= 4 is 44.2 Å². The zero-order valence-corrected chi connectivity index (χ0v) is 13.1. The highest BCUT2D eigenvalue weighted by atomic mass is 127. The van der Waals surface area contributed by atoms with Gasteiger partial charge in [-0.15, -0.1) is 0 Å². The summed E-state index contributed by atoms with van der Waals surface area (Å²) in [7, 11) is 0. The predicted octanol–water partition coefficient (Wildman–Crippen LogP) is 4.37. The van der Waals surface area contributed by atoms with Gasteiger partial charge in [-0.2, -0.15) is 0 Å².